The van der Waals surface area contributed by atoms with E-state index in [4.69, 9.17) is 11.6 Å². The van der Waals surface area contributed by atoms with Crippen molar-refractivity contribution in [3.63, 3.8) is 0 Å². The summed E-state index contributed by atoms with van der Waals surface area (Å²) in [7, 11) is 0. The number of amides is 3. The first-order chi connectivity index (χ1) is 16.5. The summed E-state index contributed by atoms with van der Waals surface area (Å²) in [6, 6.07) is 14.4. The van der Waals surface area contributed by atoms with Crippen LogP contribution in [0.3, 0.4) is 0 Å². The number of anilines is 1. The summed E-state index contributed by atoms with van der Waals surface area (Å²) in [5.74, 6) is 0.265. The van der Waals surface area contributed by atoms with Gasteiger partial charge in [-0.1, -0.05) is 42.6 Å². The van der Waals surface area contributed by atoms with Gasteiger partial charge in [0.25, 0.3) is 5.91 Å². The molecule has 0 aromatic heterocycles. The Kier molecular flexibility index (Phi) is 6.59. The first-order valence-corrected chi connectivity index (χ1v) is 12.6. The molecule has 178 valence electrons. The molecule has 3 fully saturated rings. The van der Waals surface area contributed by atoms with Gasteiger partial charge < -0.3 is 15.1 Å². The summed E-state index contributed by atoms with van der Waals surface area (Å²) < 4.78 is 0. The van der Waals surface area contributed by atoms with E-state index in [1.807, 2.05) is 29.2 Å². The highest BCUT2D eigenvalue weighted by molar-refractivity contribution is 6.31. The van der Waals surface area contributed by atoms with Crippen molar-refractivity contribution in [3.05, 3.63) is 64.7 Å². The van der Waals surface area contributed by atoms with Crippen LogP contribution in [0.2, 0.25) is 5.02 Å². The molecule has 1 saturated carbocycles. The van der Waals surface area contributed by atoms with E-state index in [0.29, 0.717) is 35.9 Å². The van der Waals surface area contributed by atoms with Crippen LogP contribution in [0.25, 0.3) is 0 Å². The number of hydrogen-bond acceptors (Lipinski definition) is 3. The average molecular weight is 480 g/mol. The van der Waals surface area contributed by atoms with Crippen LogP contribution in [0, 0.1) is 5.92 Å². The fourth-order valence-corrected chi connectivity index (χ4v) is 6.01. The largest absolute Gasteiger partial charge is 0.350 e. The summed E-state index contributed by atoms with van der Waals surface area (Å²) in [6.07, 6.45) is 6.38. The molecule has 2 saturated heterocycles. The normalized spacial score (nSPS) is 24.3. The molecule has 2 heterocycles. The van der Waals surface area contributed by atoms with Gasteiger partial charge in [0.15, 0.2) is 0 Å². The third-order valence-electron chi connectivity index (χ3n) is 7.46. The third kappa shape index (κ3) is 4.56. The number of halogens is 1. The fourth-order valence-electron chi connectivity index (χ4n) is 5.82. The Bertz CT molecular complexity index is 1100. The van der Waals surface area contributed by atoms with Gasteiger partial charge in [0, 0.05) is 41.8 Å². The molecular formula is C27H30ClN3O3. The molecule has 3 amide bonds. The van der Waals surface area contributed by atoms with Crippen LogP contribution in [-0.4, -0.2) is 41.2 Å². The molecule has 34 heavy (non-hydrogen) atoms. The molecule has 3 unspecified atom stereocenters. The monoisotopic (exact) mass is 479 g/mol. The molecule has 0 bridgehead atoms. The average Bonchev–Trinajstić information content (AvgIpc) is 3.46. The molecule has 6 nitrogen and oxygen atoms in total. The number of hydrogen-bond donors (Lipinski definition) is 1. The lowest BCUT2D eigenvalue weighted by Crippen LogP contribution is -2.49. The lowest BCUT2D eigenvalue weighted by atomic mass is 9.84. The molecule has 2 aromatic rings. The van der Waals surface area contributed by atoms with Crippen molar-refractivity contribution in [1.29, 1.82) is 0 Å². The van der Waals surface area contributed by atoms with E-state index in [1.54, 1.807) is 29.2 Å². The van der Waals surface area contributed by atoms with Gasteiger partial charge in [-0.3, -0.25) is 14.4 Å². The molecule has 1 aliphatic carbocycles. The lowest BCUT2D eigenvalue weighted by molar-refractivity contribution is -0.125. The maximum absolute atomic E-state index is 13.5. The SMILES string of the molecule is O=C(NCc1cccc(N2CCCC2=O)c1)C1CC2CCCCC2N1C(=O)c1cccc(Cl)c1. The number of benzene rings is 2. The standard InChI is InChI=1S/C27H30ClN3O3/c28-21-9-4-8-20(15-21)27(34)31-23-11-2-1-7-19(23)16-24(31)26(33)29-17-18-6-3-10-22(14-18)30-13-5-12-25(30)32/h3-4,6,8-10,14-15,19,23-24H,1-2,5,7,11-13,16-17H2,(H,29,33). The third-order valence-corrected chi connectivity index (χ3v) is 7.69. The lowest BCUT2D eigenvalue weighted by Gasteiger charge is -2.33. The highest BCUT2D eigenvalue weighted by Gasteiger charge is 2.47. The van der Waals surface area contributed by atoms with Gasteiger partial charge in [0.05, 0.1) is 0 Å². The van der Waals surface area contributed by atoms with E-state index >= 15 is 0 Å². The molecule has 5 rings (SSSR count). The minimum absolute atomic E-state index is 0.0977. The topological polar surface area (TPSA) is 69.7 Å². The van der Waals surface area contributed by atoms with Crippen LogP contribution >= 0.6 is 11.6 Å². The Balaban J connectivity index is 1.32. The Morgan fingerprint density at radius 1 is 1.03 bits per heavy atom. The molecule has 1 N–H and O–H groups in total. The first kappa shape index (κ1) is 22.9. The zero-order valence-electron chi connectivity index (χ0n) is 19.2. The number of carbonyl (C=O) groups excluding carboxylic acids is 3. The zero-order valence-corrected chi connectivity index (χ0v) is 20.0. The van der Waals surface area contributed by atoms with Crippen LogP contribution in [0.1, 0.15) is 60.9 Å². The predicted octanol–water partition coefficient (Wildman–Crippen LogP) is 4.56. The van der Waals surface area contributed by atoms with Gasteiger partial charge in [-0.25, -0.2) is 0 Å². The highest BCUT2D eigenvalue weighted by Crippen LogP contribution is 2.40. The van der Waals surface area contributed by atoms with Gasteiger partial charge >= 0.3 is 0 Å². The minimum Gasteiger partial charge on any atom is -0.350 e. The van der Waals surface area contributed by atoms with E-state index in [-0.39, 0.29) is 23.8 Å². The summed E-state index contributed by atoms with van der Waals surface area (Å²) in [6.45, 7) is 1.10. The van der Waals surface area contributed by atoms with E-state index in [9.17, 15) is 14.4 Å². The Morgan fingerprint density at radius 3 is 2.65 bits per heavy atom. The van der Waals surface area contributed by atoms with Gasteiger partial charge in [-0.15, -0.1) is 0 Å². The van der Waals surface area contributed by atoms with Gasteiger partial charge in [0.2, 0.25) is 11.8 Å². The fraction of sp³-hybridized carbons (Fsp3) is 0.444. The molecule has 3 aliphatic rings. The summed E-state index contributed by atoms with van der Waals surface area (Å²) in [4.78, 5) is 42.6. The molecule has 3 atom stereocenters. The van der Waals surface area contributed by atoms with Crippen molar-refractivity contribution < 1.29 is 14.4 Å². The number of nitrogens with one attached hydrogen (secondary N) is 1. The molecule has 7 heteroatoms. The van der Waals surface area contributed by atoms with Crippen molar-refractivity contribution in [3.8, 4) is 0 Å². The predicted molar refractivity (Wildman–Crippen MR) is 132 cm³/mol. The summed E-state index contributed by atoms with van der Waals surface area (Å²) in [5.41, 5.74) is 2.34. The van der Waals surface area contributed by atoms with Crippen molar-refractivity contribution >= 4 is 35.0 Å². The van der Waals surface area contributed by atoms with E-state index in [2.05, 4.69) is 5.32 Å². The molecule has 2 aromatic carbocycles. The second-order valence-electron chi connectivity index (χ2n) is 9.62. The number of likely N-dealkylation sites (tertiary alicyclic amines) is 1. The van der Waals surface area contributed by atoms with Crippen molar-refractivity contribution in [1.82, 2.24) is 10.2 Å². The quantitative estimate of drug-likeness (QED) is 0.683. The smallest absolute Gasteiger partial charge is 0.254 e. The van der Waals surface area contributed by atoms with E-state index < -0.39 is 6.04 Å². The van der Waals surface area contributed by atoms with Crippen LogP contribution in [0.4, 0.5) is 5.69 Å². The second-order valence-corrected chi connectivity index (χ2v) is 10.1. The zero-order chi connectivity index (χ0) is 23.7. The van der Waals surface area contributed by atoms with E-state index in [1.165, 1.54) is 0 Å². The van der Waals surface area contributed by atoms with Crippen LogP contribution in [0.15, 0.2) is 48.5 Å². The molecule has 0 spiro atoms. The Morgan fingerprint density at radius 2 is 1.85 bits per heavy atom. The number of nitrogens with zero attached hydrogens (tertiary/aromatic N) is 2. The first-order valence-electron chi connectivity index (χ1n) is 12.3. The van der Waals surface area contributed by atoms with E-state index in [0.717, 1.165) is 49.9 Å². The molecule has 0 radical (unpaired) electrons. The molecule has 2 aliphatic heterocycles. The molecular weight excluding hydrogens is 450 g/mol. The highest BCUT2D eigenvalue weighted by atomic mass is 35.5. The van der Waals surface area contributed by atoms with Crippen molar-refractivity contribution in [2.75, 3.05) is 11.4 Å². The Hall–Kier alpha value is -2.86. The van der Waals surface area contributed by atoms with Gasteiger partial charge in [0.1, 0.15) is 6.04 Å². The minimum atomic E-state index is -0.483. The second kappa shape index (κ2) is 9.79. The summed E-state index contributed by atoms with van der Waals surface area (Å²) in [5, 5.41) is 3.58. The summed E-state index contributed by atoms with van der Waals surface area (Å²) >= 11 is 6.14. The Labute approximate surface area is 205 Å². The van der Waals surface area contributed by atoms with Crippen molar-refractivity contribution in [2.45, 2.75) is 63.6 Å². The number of rotatable bonds is 5. The van der Waals surface area contributed by atoms with Crippen LogP contribution in [0.5, 0.6) is 0 Å². The maximum atomic E-state index is 13.5. The maximum Gasteiger partial charge on any atom is 0.254 e. The number of carbonyl (C=O) groups is 3. The van der Waals surface area contributed by atoms with Crippen LogP contribution in [-0.2, 0) is 16.1 Å². The number of fused-ring (bicyclic) bond motifs is 1. The van der Waals surface area contributed by atoms with Crippen molar-refractivity contribution in [2.24, 2.45) is 5.92 Å². The van der Waals surface area contributed by atoms with Gasteiger partial charge in [-0.2, -0.15) is 0 Å². The van der Waals surface area contributed by atoms with Gasteiger partial charge in [-0.05, 0) is 67.5 Å². The van der Waals surface area contributed by atoms with Crippen LogP contribution < -0.4 is 10.2 Å².